The van der Waals surface area contributed by atoms with Gasteiger partial charge in [-0.2, -0.15) is 0 Å². The highest BCUT2D eigenvalue weighted by Gasteiger charge is 2.17. The molecule has 0 amide bonds. The van der Waals surface area contributed by atoms with Crippen molar-refractivity contribution in [1.29, 1.82) is 0 Å². The van der Waals surface area contributed by atoms with Crippen LogP contribution in [0.15, 0.2) is 0 Å². The Morgan fingerprint density at radius 3 is 2.67 bits per heavy atom. The van der Waals surface area contributed by atoms with E-state index < -0.39 is 0 Å². The summed E-state index contributed by atoms with van der Waals surface area (Å²) in [4.78, 5) is 5.25. The summed E-state index contributed by atoms with van der Waals surface area (Å²) in [7, 11) is 0. The molecule has 3 heteroatoms. The standard InChI is InChI=1S/C12H25N3/c1-12-11-13-5-10-15(12)9-4-8-14-6-2-3-7-14/h12-13H,2-11H2,1H3. The summed E-state index contributed by atoms with van der Waals surface area (Å²) in [6.07, 6.45) is 4.19. The van der Waals surface area contributed by atoms with Crippen LogP contribution < -0.4 is 5.32 Å². The Morgan fingerprint density at radius 2 is 1.93 bits per heavy atom. The van der Waals surface area contributed by atoms with Gasteiger partial charge in [-0.1, -0.05) is 0 Å². The zero-order chi connectivity index (χ0) is 10.5. The number of nitrogens with one attached hydrogen (secondary N) is 1. The van der Waals surface area contributed by atoms with E-state index in [-0.39, 0.29) is 0 Å². The minimum absolute atomic E-state index is 0.734. The van der Waals surface area contributed by atoms with Gasteiger partial charge in [0, 0.05) is 25.7 Å². The molecule has 0 bridgehead atoms. The van der Waals surface area contributed by atoms with Crippen molar-refractivity contribution >= 4 is 0 Å². The molecule has 2 fully saturated rings. The Morgan fingerprint density at radius 1 is 1.13 bits per heavy atom. The summed E-state index contributed by atoms with van der Waals surface area (Å²) >= 11 is 0. The number of likely N-dealkylation sites (tertiary alicyclic amines) is 1. The maximum absolute atomic E-state index is 3.44. The van der Waals surface area contributed by atoms with Crippen molar-refractivity contribution in [2.24, 2.45) is 0 Å². The normalized spacial score (nSPS) is 29.8. The lowest BCUT2D eigenvalue weighted by Crippen LogP contribution is -2.50. The molecular formula is C12H25N3. The molecule has 15 heavy (non-hydrogen) atoms. The average molecular weight is 211 g/mol. The van der Waals surface area contributed by atoms with Crippen LogP contribution in [0, 0.1) is 0 Å². The molecule has 0 saturated carbocycles. The number of hydrogen-bond donors (Lipinski definition) is 1. The molecule has 1 atom stereocenters. The lowest BCUT2D eigenvalue weighted by atomic mass is 10.2. The van der Waals surface area contributed by atoms with Crippen molar-refractivity contribution in [3.63, 3.8) is 0 Å². The highest BCUT2D eigenvalue weighted by Crippen LogP contribution is 2.09. The number of hydrogen-bond acceptors (Lipinski definition) is 3. The van der Waals surface area contributed by atoms with E-state index in [0.29, 0.717) is 0 Å². The van der Waals surface area contributed by atoms with Crippen LogP contribution in [0.1, 0.15) is 26.2 Å². The minimum atomic E-state index is 0.734. The van der Waals surface area contributed by atoms with E-state index in [1.807, 2.05) is 0 Å². The van der Waals surface area contributed by atoms with Gasteiger partial charge in [-0.05, 0) is 52.4 Å². The molecule has 88 valence electrons. The van der Waals surface area contributed by atoms with Crippen LogP contribution in [0.3, 0.4) is 0 Å². The van der Waals surface area contributed by atoms with Gasteiger partial charge in [0.15, 0.2) is 0 Å². The predicted octanol–water partition coefficient (Wildman–Crippen LogP) is 0.766. The molecule has 2 aliphatic heterocycles. The predicted molar refractivity (Wildman–Crippen MR) is 64.2 cm³/mol. The highest BCUT2D eigenvalue weighted by molar-refractivity contribution is 4.76. The van der Waals surface area contributed by atoms with Gasteiger partial charge in [-0.15, -0.1) is 0 Å². The summed E-state index contributed by atoms with van der Waals surface area (Å²) in [5.74, 6) is 0. The monoisotopic (exact) mass is 211 g/mol. The summed E-state index contributed by atoms with van der Waals surface area (Å²) in [5, 5.41) is 3.44. The molecule has 2 heterocycles. The van der Waals surface area contributed by atoms with Crippen LogP contribution in [-0.2, 0) is 0 Å². The Hall–Kier alpha value is -0.120. The van der Waals surface area contributed by atoms with Crippen LogP contribution in [0.5, 0.6) is 0 Å². The van der Waals surface area contributed by atoms with Gasteiger partial charge in [0.25, 0.3) is 0 Å². The van der Waals surface area contributed by atoms with Gasteiger partial charge in [-0.3, -0.25) is 4.90 Å². The Balaban J connectivity index is 1.59. The molecule has 0 aliphatic carbocycles. The first-order valence-corrected chi connectivity index (χ1v) is 6.53. The SMILES string of the molecule is CC1CNCCN1CCCN1CCCC1. The third kappa shape index (κ3) is 3.44. The van der Waals surface area contributed by atoms with Crippen molar-refractivity contribution in [2.75, 3.05) is 45.8 Å². The van der Waals surface area contributed by atoms with E-state index in [0.717, 1.165) is 6.04 Å². The second-order valence-electron chi connectivity index (χ2n) is 4.99. The fourth-order valence-corrected chi connectivity index (χ4v) is 2.72. The van der Waals surface area contributed by atoms with Crippen LogP contribution >= 0.6 is 0 Å². The first-order chi connectivity index (χ1) is 7.36. The molecule has 0 aromatic carbocycles. The van der Waals surface area contributed by atoms with Gasteiger partial charge in [0.1, 0.15) is 0 Å². The topological polar surface area (TPSA) is 18.5 Å². The summed E-state index contributed by atoms with van der Waals surface area (Å²) in [5.41, 5.74) is 0. The van der Waals surface area contributed by atoms with Crippen molar-refractivity contribution in [3.8, 4) is 0 Å². The molecule has 1 N–H and O–H groups in total. The molecule has 2 rings (SSSR count). The molecule has 0 aromatic heterocycles. The first kappa shape index (κ1) is 11.4. The highest BCUT2D eigenvalue weighted by atomic mass is 15.2. The maximum Gasteiger partial charge on any atom is 0.0192 e. The van der Waals surface area contributed by atoms with Crippen LogP contribution in [-0.4, -0.2) is 61.7 Å². The Labute approximate surface area is 93.8 Å². The average Bonchev–Trinajstić information content (AvgIpc) is 2.74. The van der Waals surface area contributed by atoms with E-state index in [9.17, 15) is 0 Å². The minimum Gasteiger partial charge on any atom is -0.314 e. The Kier molecular flexibility index (Phi) is 4.42. The molecule has 3 nitrogen and oxygen atoms in total. The number of nitrogens with zero attached hydrogens (tertiary/aromatic N) is 2. The van der Waals surface area contributed by atoms with Gasteiger partial charge in [0.2, 0.25) is 0 Å². The van der Waals surface area contributed by atoms with E-state index >= 15 is 0 Å². The zero-order valence-corrected chi connectivity index (χ0v) is 10.0. The van der Waals surface area contributed by atoms with Crippen LogP contribution in [0.4, 0.5) is 0 Å². The van der Waals surface area contributed by atoms with Crippen molar-refractivity contribution in [1.82, 2.24) is 15.1 Å². The quantitative estimate of drug-likeness (QED) is 0.741. The molecule has 0 radical (unpaired) electrons. The Bertz CT molecular complexity index is 178. The van der Waals surface area contributed by atoms with Crippen molar-refractivity contribution in [2.45, 2.75) is 32.2 Å². The van der Waals surface area contributed by atoms with Gasteiger partial charge < -0.3 is 10.2 Å². The third-order valence-corrected chi connectivity index (χ3v) is 3.76. The molecule has 0 aromatic rings. The van der Waals surface area contributed by atoms with Gasteiger partial charge in [0.05, 0.1) is 0 Å². The fourth-order valence-electron chi connectivity index (χ4n) is 2.72. The molecule has 2 aliphatic rings. The molecule has 1 unspecified atom stereocenters. The summed E-state index contributed by atoms with van der Waals surface area (Å²) in [6.45, 7) is 11.2. The molecule has 0 spiro atoms. The third-order valence-electron chi connectivity index (χ3n) is 3.76. The summed E-state index contributed by atoms with van der Waals surface area (Å²) in [6, 6.07) is 0.734. The number of piperazine rings is 1. The lowest BCUT2D eigenvalue weighted by Gasteiger charge is -2.34. The maximum atomic E-state index is 3.44. The summed E-state index contributed by atoms with van der Waals surface area (Å²) < 4.78 is 0. The first-order valence-electron chi connectivity index (χ1n) is 6.53. The second kappa shape index (κ2) is 5.83. The van der Waals surface area contributed by atoms with E-state index in [4.69, 9.17) is 0 Å². The van der Waals surface area contributed by atoms with Gasteiger partial charge >= 0.3 is 0 Å². The number of rotatable bonds is 4. The fraction of sp³-hybridized carbons (Fsp3) is 1.00. The smallest absolute Gasteiger partial charge is 0.0192 e. The van der Waals surface area contributed by atoms with E-state index in [1.165, 1.54) is 65.1 Å². The van der Waals surface area contributed by atoms with Gasteiger partial charge in [-0.25, -0.2) is 0 Å². The van der Waals surface area contributed by atoms with Crippen LogP contribution in [0.25, 0.3) is 0 Å². The van der Waals surface area contributed by atoms with Crippen LogP contribution in [0.2, 0.25) is 0 Å². The van der Waals surface area contributed by atoms with E-state index in [2.05, 4.69) is 22.0 Å². The van der Waals surface area contributed by atoms with E-state index in [1.54, 1.807) is 0 Å². The largest absolute Gasteiger partial charge is 0.314 e. The van der Waals surface area contributed by atoms with Crippen molar-refractivity contribution in [3.05, 3.63) is 0 Å². The van der Waals surface area contributed by atoms with Crippen molar-refractivity contribution < 1.29 is 0 Å². The zero-order valence-electron chi connectivity index (χ0n) is 10.0. The molecule has 2 saturated heterocycles. The second-order valence-corrected chi connectivity index (χ2v) is 4.99. The molecular weight excluding hydrogens is 186 g/mol. The lowest BCUT2D eigenvalue weighted by molar-refractivity contribution is 0.164.